The highest BCUT2D eigenvalue weighted by atomic mass is 15.2. The van der Waals surface area contributed by atoms with Crippen LogP contribution in [0.5, 0.6) is 0 Å². The summed E-state index contributed by atoms with van der Waals surface area (Å²) in [6, 6.07) is 79.9. The fourth-order valence-corrected chi connectivity index (χ4v) is 8.99. The number of rotatable bonds is 7. The highest BCUT2D eigenvalue weighted by Crippen LogP contribution is 2.47. The number of aromatic nitrogens is 2. The maximum Gasteiger partial charge on any atom is 0.0632 e. The van der Waals surface area contributed by atoms with Gasteiger partial charge in [0.2, 0.25) is 0 Å². The first-order chi connectivity index (χ1) is 28.3. The molecule has 10 aromatic rings. The molecule has 0 amide bonds. The largest absolute Gasteiger partial charge is 0.333 e. The minimum absolute atomic E-state index is 0.169. The first kappa shape index (κ1) is 33.0. The Morgan fingerprint density at radius 1 is 0.351 bits per heavy atom. The molecule has 8 aromatic carbocycles. The predicted molar refractivity (Wildman–Crippen MR) is 238 cm³/mol. The van der Waals surface area contributed by atoms with E-state index >= 15 is 0 Å². The zero-order chi connectivity index (χ0) is 37.7. The van der Waals surface area contributed by atoms with E-state index < -0.39 is 0 Å². The van der Waals surface area contributed by atoms with Crippen molar-refractivity contribution in [1.82, 2.24) is 9.13 Å². The zero-order valence-electron chi connectivity index (χ0n) is 31.4. The van der Waals surface area contributed by atoms with Crippen molar-refractivity contribution in [3.8, 4) is 45.0 Å². The molecule has 0 saturated heterocycles. The van der Waals surface area contributed by atoms with E-state index in [4.69, 9.17) is 0 Å². The minimum atomic E-state index is 0.169. The van der Waals surface area contributed by atoms with Crippen LogP contribution < -0.4 is 4.90 Å². The third-order valence-corrected chi connectivity index (χ3v) is 11.6. The molecule has 1 atom stereocenters. The molecule has 0 aliphatic carbocycles. The second-order valence-corrected chi connectivity index (χ2v) is 15.0. The molecule has 1 aliphatic heterocycles. The summed E-state index contributed by atoms with van der Waals surface area (Å²) >= 11 is 0. The molecule has 0 fully saturated rings. The Bertz CT molecular complexity index is 3030. The molecule has 3 nitrogen and oxygen atoms in total. The fourth-order valence-electron chi connectivity index (χ4n) is 8.99. The van der Waals surface area contributed by atoms with Crippen LogP contribution >= 0.6 is 0 Å². The fraction of sp³-hybridized carbons (Fsp3) is 0.0370. The van der Waals surface area contributed by atoms with Gasteiger partial charge in [0.25, 0.3) is 0 Å². The van der Waals surface area contributed by atoms with Crippen molar-refractivity contribution in [3.05, 3.63) is 230 Å². The van der Waals surface area contributed by atoms with Gasteiger partial charge >= 0.3 is 0 Å². The average Bonchev–Trinajstić information content (AvgIpc) is 4.00. The lowest BCUT2D eigenvalue weighted by Gasteiger charge is -2.29. The quantitative estimate of drug-likeness (QED) is 0.159. The van der Waals surface area contributed by atoms with Crippen LogP contribution in [0.25, 0.3) is 66.8 Å². The Labute approximate surface area is 333 Å². The molecule has 57 heavy (non-hydrogen) atoms. The van der Waals surface area contributed by atoms with Crippen LogP contribution in [-0.4, -0.2) is 9.13 Å². The van der Waals surface area contributed by atoms with E-state index in [2.05, 4.69) is 232 Å². The van der Waals surface area contributed by atoms with E-state index in [1.54, 1.807) is 0 Å². The normalized spacial score (nSPS) is 13.7. The average molecular weight is 730 g/mol. The standard InChI is InChI=1S/C54H39N3/c1-4-16-39(17-5-1)52-34-42-22-10-13-25-49(42)55(52)46-30-28-38(29-31-46)45-32-47(56-50-26-14-11-23-43(50)35-53(56)40-18-6-2-7-19-40)37-48(33-45)57-51-27-15-12-24-44(51)36-54(57)41-20-8-3-9-21-41/h1-35,37,54H,36H2. The summed E-state index contributed by atoms with van der Waals surface area (Å²) < 4.78 is 4.84. The van der Waals surface area contributed by atoms with Gasteiger partial charge in [0.05, 0.1) is 28.5 Å². The third kappa shape index (κ3) is 5.75. The Hall–Kier alpha value is -7.36. The SMILES string of the molecule is c1ccc(-c2cc3ccccc3n2-c2ccc(-c3cc(N4c5ccccc5CC4c4ccccc4)cc(-n4c(-c5ccccc5)cc5ccccc54)c3)cc2)cc1. The summed E-state index contributed by atoms with van der Waals surface area (Å²) in [4.78, 5) is 2.57. The van der Waals surface area contributed by atoms with Gasteiger partial charge < -0.3 is 14.0 Å². The molecule has 0 spiro atoms. The van der Waals surface area contributed by atoms with E-state index in [1.165, 1.54) is 77.9 Å². The number of anilines is 2. The number of hydrogen-bond acceptors (Lipinski definition) is 1. The Morgan fingerprint density at radius 3 is 1.49 bits per heavy atom. The Morgan fingerprint density at radius 2 is 0.860 bits per heavy atom. The summed E-state index contributed by atoms with van der Waals surface area (Å²) in [7, 11) is 0. The monoisotopic (exact) mass is 729 g/mol. The molecule has 1 unspecified atom stereocenters. The summed E-state index contributed by atoms with van der Waals surface area (Å²) in [5, 5.41) is 2.44. The Balaban J connectivity index is 1.12. The summed E-state index contributed by atoms with van der Waals surface area (Å²) in [5.74, 6) is 0. The number of benzene rings is 8. The van der Waals surface area contributed by atoms with Crippen LogP contribution in [-0.2, 0) is 6.42 Å². The van der Waals surface area contributed by atoms with Gasteiger partial charge in [0, 0.05) is 33.5 Å². The summed E-state index contributed by atoms with van der Waals surface area (Å²) in [6.07, 6.45) is 0.949. The first-order valence-corrected chi connectivity index (χ1v) is 19.8. The van der Waals surface area contributed by atoms with E-state index in [0.29, 0.717) is 0 Å². The van der Waals surface area contributed by atoms with Crippen molar-refractivity contribution >= 4 is 33.2 Å². The summed E-state index contributed by atoms with van der Waals surface area (Å²) in [6.45, 7) is 0. The molecular formula is C54H39N3. The van der Waals surface area contributed by atoms with Crippen molar-refractivity contribution in [2.45, 2.75) is 12.5 Å². The molecule has 11 rings (SSSR count). The number of hydrogen-bond donors (Lipinski definition) is 0. The van der Waals surface area contributed by atoms with Crippen LogP contribution in [0.1, 0.15) is 17.2 Å². The maximum absolute atomic E-state index is 2.57. The lowest BCUT2D eigenvalue weighted by atomic mass is 10.00. The van der Waals surface area contributed by atoms with Gasteiger partial charge in [-0.15, -0.1) is 0 Å². The molecule has 0 bridgehead atoms. The van der Waals surface area contributed by atoms with Gasteiger partial charge in [0.15, 0.2) is 0 Å². The molecule has 2 aromatic heterocycles. The van der Waals surface area contributed by atoms with E-state index in [0.717, 1.165) is 17.8 Å². The highest BCUT2D eigenvalue weighted by molar-refractivity contribution is 5.92. The van der Waals surface area contributed by atoms with Gasteiger partial charge in [-0.05, 0) is 100 Å². The van der Waals surface area contributed by atoms with Crippen LogP contribution in [0.3, 0.4) is 0 Å². The van der Waals surface area contributed by atoms with Crippen LogP contribution in [0.4, 0.5) is 11.4 Å². The van der Waals surface area contributed by atoms with Gasteiger partial charge in [-0.2, -0.15) is 0 Å². The van der Waals surface area contributed by atoms with Gasteiger partial charge in [-0.3, -0.25) is 0 Å². The van der Waals surface area contributed by atoms with Crippen molar-refractivity contribution in [3.63, 3.8) is 0 Å². The third-order valence-electron chi connectivity index (χ3n) is 11.6. The van der Waals surface area contributed by atoms with Crippen molar-refractivity contribution in [1.29, 1.82) is 0 Å². The lowest BCUT2D eigenvalue weighted by molar-refractivity contribution is 0.743. The molecule has 0 saturated carbocycles. The highest BCUT2D eigenvalue weighted by Gasteiger charge is 2.32. The number of fused-ring (bicyclic) bond motifs is 3. The molecule has 270 valence electrons. The molecule has 0 radical (unpaired) electrons. The van der Waals surface area contributed by atoms with Gasteiger partial charge in [-0.25, -0.2) is 0 Å². The van der Waals surface area contributed by atoms with Crippen LogP contribution in [0.2, 0.25) is 0 Å². The van der Waals surface area contributed by atoms with Crippen molar-refractivity contribution in [2.75, 3.05) is 4.90 Å². The smallest absolute Gasteiger partial charge is 0.0632 e. The van der Waals surface area contributed by atoms with E-state index in [1.807, 2.05) is 0 Å². The minimum Gasteiger partial charge on any atom is -0.333 e. The second kappa shape index (κ2) is 13.7. The maximum atomic E-state index is 2.57. The number of para-hydroxylation sites is 3. The van der Waals surface area contributed by atoms with Gasteiger partial charge in [0.1, 0.15) is 0 Å². The van der Waals surface area contributed by atoms with Crippen LogP contribution in [0, 0.1) is 0 Å². The molecule has 3 heterocycles. The molecule has 0 N–H and O–H groups in total. The van der Waals surface area contributed by atoms with E-state index in [-0.39, 0.29) is 6.04 Å². The van der Waals surface area contributed by atoms with Crippen molar-refractivity contribution < 1.29 is 0 Å². The molecular weight excluding hydrogens is 691 g/mol. The predicted octanol–water partition coefficient (Wildman–Crippen LogP) is 14.0. The zero-order valence-corrected chi connectivity index (χ0v) is 31.4. The molecule has 1 aliphatic rings. The van der Waals surface area contributed by atoms with Gasteiger partial charge in [-0.1, -0.05) is 158 Å². The Kier molecular flexibility index (Phi) is 7.96. The number of nitrogens with zero attached hydrogens (tertiary/aromatic N) is 3. The molecule has 3 heteroatoms. The van der Waals surface area contributed by atoms with Crippen LogP contribution in [0.15, 0.2) is 218 Å². The second-order valence-electron chi connectivity index (χ2n) is 15.0. The topological polar surface area (TPSA) is 13.1 Å². The first-order valence-electron chi connectivity index (χ1n) is 19.8. The summed E-state index contributed by atoms with van der Waals surface area (Å²) in [5.41, 5.74) is 16.8. The van der Waals surface area contributed by atoms with E-state index in [9.17, 15) is 0 Å². The lowest BCUT2D eigenvalue weighted by Crippen LogP contribution is -2.20. The van der Waals surface area contributed by atoms with Crippen molar-refractivity contribution in [2.24, 2.45) is 0 Å².